The summed E-state index contributed by atoms with van der Waals surface area (Å²) in [4.78, 5) is 21.8. The van der Waals surface area contributed by atoms with E-state index in [0.29, 0.717) is 12.3 Å². The van der Waals surface area contributed by atoms with Crippen molar-refractivity contribution < 1.29 is 14.7 Å². The first-order valence-corrected chi connectivity index (χ1v) is 5.11. The molecule has 1 saturated carbocycles. The van der Waals surface area contributed by atoms with E-state index in [1.54, 1.807) is 0 Å². The molecule has 2 N–H and O–H groups in total. The fourth-order valence-electron chi connectivity index (χ4n) is 1.84. The van der Waals surface area contributed by atoms with Crippen LogP contribution in [0.15, 0.2) is 0 Å². The van der Waals surface area contributed by atoms with Gasteiger partial charge < -0.3 is 10.4 Å². The Morgan fingerprint density at radius 3 is 2.50 bits per heavy atom. The molecule has 4 nitrogen and oxygen atoms in total. The summed E-state index contributed by atoms with van der Waals surface area (Å²) >= 11 is 0. The lowest BCUT2D eigenvalue weighted by molar-refractivity contribution is -0.141. The summed E-state index contributed by atoms with van der Waals surface area (Å²) in [5.74, 6) is -0.646. The third-order valence-electron chi connectivity index (χ3n) is 2.70. The van der Waals surface area contributed by atoms with Gasteiger partial charge in [-0.3, -0.25) is 9.59 Å². The van der Waals surface area contributed by atoms with E-state index in [9.17, 15) is 9.59 Å². The molecule has 1 aliphatic rings. The first-order chi connectivity index (χ1) is 6.59. The van der Waals surface area contributed by atoms with Gasteiger partial charge in [-0.1, -0.05) is 12.8 Å². The zero-order valence-electron chi connectivity index (χ0n) is 8.45. The first kappa shape index (κ1) is 11.0. The second kappa shape index (κ2) is 4.98. The van der Waals surface area contributed by atoms with Gasteiger partial charge in [-0.2, -0.15) is 0 Å². The fraction of sp³-hybridized carbons (Fsp3) is 0.800. The molecule has 0 bridgehead atoms. The van der Waals surface area contributed by atoms with Gasteiger partial charge in [0.1, 0.15) is 6.04 Å². The number of amides is 1. The van der Waals surface area contributed by atoms with Crippen LogP contribution in [0.1, 0.15) is 39.0 Å². The van der Waals surface area contributed by atoms with Gasteiger partial charge in [0.25, 0.3) is 0 Å². The molecule has 0 aromatic rings. The molecule has 0 unspecified atom stereocenters. The summed E-state index contributed by atoms with van der Waals surface area (Å²) < 4.78 is 0. The number of hydrogen-bond acceptors (Lipinski definition) is 2. The second-order valence-corrected chi connectivity index (χ2v) is 3.98. The van der Waals surface area contributed by atoms with Crippen molar-refractivity contribution in [1.29, 1.82) is 0 Å². The quantitative estimate of drug-likeness (QED) is 0.714. The van der Waals surface area contributed by atoms with Gasteiger partial charge in [0, 0.05) is 6.42 Å². The minimum atomic E-state index is -0.982. The van der Waals surface area contributed by atoms with Gasteiger partial charge in [-0.05, 0) is 25.7 Å². The van der Waals surface area contributed by atoms with E-state index in [2.05, 4.69) is 5.32 Å². The monoisotopic (exact) mass is 199 g/mol. The Balaban J connectivity index is 2.24. The van der Waals surface area contributed by atoms with E-state index in [4.69, 9.17) is 5.11 Å². The lowest BCUT2D eigenvalue weighted by Gasteiger charge is -2.12. The topological polar surface area (TPSA) is 66.4 Å². The fourth-order valence-corrected chi connectivity index (χ4v) is 1.84. The molecule has 0 heterocycles. The highest BCUT2D eigenvalue weighted by Gasteiger charge is 2.20. The molecule has 14 heavy (non-hydrogen) atoms. The normalized spacial score (nSPS) is 19.2. The smallest absolute Gasteiger partial charge is 0.325 e. The third kappa shape index (κ3) is 3.36. The van der Waals surface area contributed by atoms with Crippen LogP contribution in [0.25, 0.3) is 0 Å². The summed E-state index contributed by atoms with van der Waals surface area (Å²) in [6, 6.07) is -0.774. The van der Waals surface area contributed by atoms with E-state index >= 15 is 0 Å². The lowest BCUT2D eigenvalue weighted by atomic mass is 10.0. The maximum atomic E-state index is 11.3. The van der Waals surface area contributed by atoms with Crippen molar-refractivity contribution in [1.82, 2.24) is 5.32 Å². The molecule has 0 saturated heterocycles. The number of aliphatic carboxylic acids is 1. The largest absolute Gasteiger partial charge is 0.480 e. The average Bonchev–Trinajstić information content (AvgIpc) is 2.56. The van der Waals surface area contributed by atoms with E-state index < -0.39 is 12.0 Å². The predicted molar refractivity (Wildman–Crippen MR) is 51.8 cm³/mol. The third-order valence-corrected chi connectivity index (χ3v) is 2.70. The highest BCUT2D eigenvalue weighted by atomic mass is 16.4. The van der Waals surface area contributed by atoms with Crippen LogP contribution in [-0.4, -0.2) is 23.0 Å². The van der Waals surface area contributed by atoms with Crippen LogP contribution < -0.4 is 5.32 Å². The summed E-state index contributed by atoms with van der Waals surface area (Å²) in [6.07, 6.45) is 5.10. The highest BCUT2D eigenvalue weighted by molar-refractivity contribution is 5.83. The molecule has 80 valence electrons. The zero-order valence-corrected chi connectivity index (χ0v) is 8.45. The van der Waals surface area contributed by atoms with E-state index in [-0.39, 0.29) is 5.91 Å². The molecule has 1 aliphatic carbocycles. The Hall–Kier alpha value is -1.06. The van der Waals surface area contributed by atoms with Crippen LogP contribution in [0, 0.1) is 5.92 Å². The molecule has 0 aromatic carbocycles. The van der Waals surface area contributed by atoms with Crippen molar-refractivity contribution in [3.05, 3.63) is 0 Å². The van der Waals surface area contributed by atoms with Gasteiger partial charge in [-0.15, -0.1) is 0 Å². The summed E-state index contributed by atoms with van der Waals surface area (Å²) in [5.41, 5.74) is 0. The summed E-state index contributed by atoms with van der Waals surface area (Å²) in [5, 5.41) is 11.0. The number of carbonyl (C=O) groups excluding carboxylic acids is 1. The number of hydrogen-bond donors (Lipinski definition) is 2. The molecular weight excluding hydrogens is 182 g/mol. The minimum absolute atomic E-state index is 0.133. The molecule has 1 amide bonds. The Labute approximate surface area is 83.7 Å². The lowest BCUT2D eigenvalue weighted by Crippen LogP contribution is -2.38. The van der Waals surface area contributed by atoms with Crippen LogP contribution in [0.2, 0.25) is 0 Å². The zero-order chi connectivity index (χ0) is 10.6. The summed E-state index contributed by atoms with van der Waals surface area (Å²) in [6.45, 7) is 1.48. The van der Waals surface area contributed by atoms with Gasteiger partial charge >= 0.3 is 5.97 Å². The van der Waals surface area contributed by atoms with Gasteiger partial charge in [0.15, 0.2) is 0 Å². The maximum Gasteiger partial charge on any atom is 0.325 e. The molecule has 4 heteroatoms. The number of carboxylic acid groups (broad SMARTS) is 1. The van der Waals surface area contributed by atoms with E-state index in [1.165, 1.54) is 19.8 Å². The van der Waals surface area contributed by atoms with Gasteiger partial charge in [0.2, 0.25) is 5.91 Å². The second-order valence-electron chi connectivity index (χ2n) is 3.98. The number of carbonyl (C=O) groups is 2. The number of nitrogens with one attached hydrogen (secondary N) is 1. The molecular formula is C10H17NO3. The van der Waals surface area contributed by atoms with Crippen molar-refractivity contribution in [2.24, 2.45) is 5.92 Å². The van der Waals surface area contributed by atoms with Crippen molar-refractivity contribution in [3.63, 3.8) is 0 Å². The number of carboxylic acids is 1. The van der Waals surface area contributed by atoms with Crippen molar-refractivity contribution in [2.75, 3.05) is 0 Å². The molecule has 0 aliphatic heterocycles. The average molecular weight is 199 g/mol. The highest BCUT2D eigenvalue weighted by Crippen LogP contribution is 2.27. The van der Waals surface area contributed by atoms with Crippen molar-refractivity contribution >= 4 is 11.9 Å². The maximum absolute atomic E-state index is 11.3. The Kier molecular flexibility index (Phi) is 3.92. The van der Waals surface area contributed by atoms with Crippen LogP contribution >= 0.6 is 0 Å². The van der Waals surface area contributed by atoms with Crippen LogP contribution in [-0.2, 0) is 9.59 Å². The van der Waals surface area contributed by atoms with E-state index in [1.807, 2.05) is 0 Å². The molecule has 0 spiro atoms. The van der Waals surface area contributed by atoms with Crippen molar-refractivity contribution in [3.8, 4) is 0 Å². The van der Waals surface area contributed by atoms with Gasteiger partial charge in [-0.25, -0.2) is 0 Å². The SMILES string of the molecule is C[C@H](NC(=O)CC1CCCC1)C(=O)O. The molecule has 1 fully saturated rings. The minimum Gasteiger partial charge on any atom is -0.480 e. The Morgan fingerprint density at radius 1 is 1.43 bits per heavy atom. The number of rotatable bonds is 4. The van der Waals surface area contributed by atoms with Crippen LogP contribution in [0.5, 0.6) is 0 Å². The molecule has 1 rings (SSSR count). The standard InChI is InChI=1S/C10H17NO3/c1-7(10(13)14)11-9(12)6-8-4-2-3-5-8/h7-8H,2-6H2,1H3,(H,11,12)(H,13,14)/t7-/m0/s1. The Bertz CT molecular complexity index is 221. The molecule has 0 aromatic heterocycles. The van der Waals surface area contributed by atoms with E-state index in [0.717, 1.165) is 12.8 Å². The summed E-state index contributed by atoms with van der Waals surface area (Å²) in [7, 11) is 0. The van der Waals surface area contributed by atoms with Gasteiger partial charge in [0.05, 0.1) is 0 Å². The molecule has 0 radical (unpaired) electrons. The predicted octanol–water partition coefficient (Wildman–Crippen LogP) is 1.16. The van der Waals surface area contributed by atoms with Crippen molar-refractivity contribution in [2.45, 2.75) is 45.1 Å². The molecule has 1 atom stereocenters. The Morgan fingerprint density at radius 2 is 2.00 bits per heavy atom. The van der Waals surface area contributed by atoms with Crippen LogP contribution in [0.3, 0.4) is 0 Å². The van der Waals surface area contributed by atoms with Crippen LogP contribution in [0.4, 0.5) is 0 Å². The first-order valence-electron chi connectivity index (χ1n) is 5.11.